The summed E-state index contributed by atoms with van der Waals surface area (Å²) in [5.74, 6) is -0.0805. The predicted octanol–water partition coefficient (Wildman–Crippen LogP) is 2.92. The molecular weight excluding hydrogens is 278 g/mol. The standard InChI is InChI=1S/C13H9N3O5/c17-15(18)11-6-12(16(19)20)8-13(7-11)21-14-9-10-4-2-1-3-5-10/h1-9H/b14-9-. The van der Waals surface area contributed by atoms with Gasteiger partial charge in [-0.3, -0.25) is 20.2 Å². The lowest BCUT2D eigenvalue weighted by Gasteiger charge is -1.99. The van der Waals surface area contributed by atoms with Crippen molar-refractivity contribution in [3.63, 3.8) is 0 Å². The summed E-state index contributed by atoms with van der Waals surface area (Å²) in [7, 11) is 0. The first-order valence-corrected chi connectivity index (χ1v) is 5.75. The number of rotatable bonds is 5. The van der Waals surface area contributed by atoms with Crippen molar-refractivity contribution in [2.24, 2.45) is 5.16 Å². The van der Waals surface area contributed by atoms with Gasteiger partial charge in [-0.05, 0) is 5.56 Å². The van der Waals surface area contributed by atoms with Crippen LogP contribution in [0.3, 0.4) is 0 Å². The van der Waals surface area contributed by atoms with E-state index in [9.17, 15) is 20.2 Å². The van der Waals surface area contributed by atoms with Crippen molar-refractivity contribution in [2.45, 2.75) is 0 Å². The molecule has 8 nitrogen and oxygen atoms in total. The van der Waals surface area contributed by atoms with E-state index in [1.165, 1.54) is 6.21 Å². The molecule has 21 heavy (non-hydrogen) atoms. The van der Waals surface area contributed by atoms with E-state index in [2.05, 4.69) is 5.16 Å². The lowest BCUT2D eigenvalue weighted by Crippen LogP contribution is -1.94. The van der Waals surface area contributed by atoms with Crippen molar-refractivity contribution < 1.29 is 14.7 Å². The Balaban J connectivity index is 2.21. The number of nitro groups is 2. The Morgan fingerprint density at radius 2 is 1.52 bits per heavy atom. The first-order valence-electron chi connectivity index (χ1n) is 5.75. The van der Waals surface area contributed by atoms with E-state index in [1.54, 1.807) is 24.3 Å². The molecule has 2 aromatic rings. The molecule has 106 valence electrons. The van der Waals surface area contributed by atoms with Gasteiger partial charge >= 0.3 is 0 Å². The molecule has 0 fully saturated rings. The Hall–Kier alpha value is -3.29. The highest BCUT2D eigenvalue weighted by Gasteiger charge is 2.17. The lowest BCUT2D eigenvalue weighted by molar-refractivity contribution is -0.394. The van der Waals surface area contributed by atoms with E-state index < -0.39 is 21.2 Å². The van der Waals surface area contributed by atoms with Crippen LogP contribution in [0.2, 0.25) is 0 Å². The average Bonchev–Trinajstić information content (AvgIpc) is 2.48. The zero-order valence-electron chi connectivity index (χ0n) is 10.6. The molecule has 0 aliphatic carbocycles. The van der Waals surface area contributed by atoms with Gasteiger partial charge in [-0.1, -0.05) is 35.5 Å². The van der Waals surface area contributed by atoms with Crippen LogP contribution in [0, 0.1) is 20.2 Å². The van der Waals surface area contributed by atoms with Gasteiger partial charge in [0.1, 0.15) is 0 Å². The highest BCUT2D eigenvalue weighted by Crippen LogP contribution is 2.27. The van der Waals surface area contributed by atoms with Crippen molar-refractivity contribution in [2.75, 3.05) is 0 Å². The number of benzene rings is 2. The van der Waals surface area contributed by atoms with Crippen LogP contribution >= 0.6 is 0 Å². The van der Waals surface area contributed by atoms with Gasteiger partial charge in [0.05, 0.1) is 34.3 Å². The Bertz CT molecular complexity index is 668. The molecular formula is C13H9N3O5. The van der Waals surface area contributed by atoms with Crippen LogP contribution in [0.4, 0.5) is 11.4 Å². The van der Waals surface area contributed by atoms with Crippen molar-refractivity contribution in [3.05, 3.63) is 74.3 Å². The fraction of sp³-hybridized carbons (Fsp3) is 0. The molecule has 0 aliphatic rings. The summed E-state index contributed by atoms with van der Waals surface area (Å²) in [6.45, 7) is 0. The summed E-state index contributed by atoms with van der Waals surface area (Å²) in [5.41, 5.74) is -0.111. The van der Waals surface area contributed by atoms with Gasteiger partial charge in [0, 0.05) is 0 Å². The minimum absolute atomic E-state index is 0.0805. The van der Waals surface area contributed by atoms with Gasteiger partial charge in [0.25, 0.3) is 11.4 Å². The van der Waals surface area contributed by atoms with Crippen LogP contribution in [0.5, 0.6) is 5.75 Å². The minimum Gasteiger partial charge on any atom is -0.356 e. The van der Waals surface area contributed by atoms with Crippen molar-refractivity contribution in [1.29, 1.82) is 0 Å². The van der Waals surface area contributed by atoms with E-state index in [-0.39, 0.29) is 5.75 Å². The normalized spacial score (nSPS) is 10.5. The Morgan fingerprint density at radius 3 is 2.05 bits per heavy atom. The molecule has 0 spiro atoms. The molecule has 0 radical (unpaired) electrons. The Kier molecular flexibility index (Phi) is 4.20. The van der Waals surface area contributed by atoms with Gasteiger partial charge in [-0.2, -0.15) is 0 Å². The minimum atomic E-state index is -0.735. The summed E-state index contributed by atoms with van der Waals surface area (Å²) in [6.07, 6.45) is 1.39. The number of hydrogen-bond donors (Lipinski definition) is 0. The summed E-state index contributed by atoms with van der Waals surface area (Å²) in [4.78, 5) is 24.9. The summed E-state index contributed by atoms with van der Waals surface area (Å²) in [6, 6.07) is 12.0. The maximum Gasteiger partial charge on any atom is 0.280 e. The van der Waals surface area contributed by atoms with E-state index in [1.807, 2.05) is 6.07 Å². The fourth-order valence-electron chi connectivity index (χ4n) is 1.52. The molecule has 2 rings (SSSR count). The molecule has 0 aliphatic heterocycles. The first kappa shape index (κ1) is 14.1. The third-order valence-electron chi connectivity index (χ3n) is 2.46. The number of nitro benzene ring substituents is 2. The van der Waals surface area contributed by atoms with Gasteiger partial charge in [-0.15, -0.1) is 0 Å². The third kappa shape index (κ3) is 3.83. The molecule has 0 saturated heterocycles. The average molecular weight is 287 g/mol. The molecule has 8 heteroatoms. The van der Waals surface area contributed by atoms with E-state index in [0.29, 0.717) is 0 Å². The van der Waals surface area contributed by atoms with Crippen molar-refractivity contribution in [1.82, 2.24) is 0 Å². The van der Waals surface area contributed by atoms with Crippen molar-refractivity contribution >= 4 is 17.6 Å². The largest absolute Gasteiger partial charge is 0.356 e. The first-order chi connectivity index (χ1) is 10.1. The van der Waals surface area contributed by atoms with Crippen LogP contribution in [-0.2, 0) is 0 Å². The smallest absolute Gasteiger partial charge is 0.280 e. The SMILES string of the molecule is O=[N+]([O-])c1cc(O/N=C\c2ccccc2)cc([N+](=O)[O-])c1. The second kappa shape index (κ2) is 6.24. The highest BCUT2D eigenvalue weighted by atomic mass is 16.6. The molecule has 0 heterocycles. The lowest BCUT2D eigenvalue weighted by atomic mass is 10.2. The van der Waals surface area contributed by atoms with Gasteiger partial charge in [0.2, 0.25) is 0 Å². The monoisotopic (exact) mass is 287 g/mol. The Labute approximate surface area is 118 Å². The number of hydrogen-bond acceptors (Lipinski definition) is 6. The zero-order chi connectivity index (χ0) is 15.2. The van der Waals surface area contributed by atoms with Crippen LogP contribution in [0.25, 0.3) is 0 Å². The third-order valence-corrected chi connectivity index (χ3v) is 2.46. The van der Waals surface area contributed by atoms with Crippen molar-refractivity contribution in [3.8, 4) is 5.75 Å². The van der Waals surface area contributed by atoms with Gasteiger partial charge in [-0.25, -0.2) is 0 Å². The molecule has 0 atom stereocenters. The summed E-state index contributed by atoms with van der Waals surface area (Å²) >= 11 is 0. The molecule has 0 saturated carbocycles. The molecule has 0 unspecified atom stereocenters. The number of oxime groups is 1. The van der Waals surface area contributed by atoms with Gasteiger partial charge < -0.3 is 4.84 Å². The van der Waals surface area contributed by atoms with E-state index >= 15 is 0 Å². The van der Waals surface area contributed by atoms with Crippen LogP contribution in [0.1, 0.15) is 5.56 Å². The van der Waals surface area contributed by atoms with Gasteiger partial charge in [0.15, 0.2) is 5.75 Å². The quantitative estimate of drug-likeness (QED) is 0.477. The number of nitrogens with zero attached hydrogens (tertiary/aromatic N) is 3. The summed E-state index contributed by atoms with van der Waals surface area (Å²) in [5, 5.41) is 25.1. The molecule has 0 N–H and O–H groups in total. The highest BCUT2D eigenvalue weighted by molar-refractivity contribution is 5.78. The van der Waals surface area contributed by atoms with E-state index in [0.717, 1.165) is 23.8 Å². The maximum absolute atomic E-state index is 10.7. The summed E-state index contributed by atoms with van der Waals surface area (Å²) < 4.78 is 0. The predicted molar refractivity (Wildman–Crippen MR) is 74.4 cm³/mol. The molecule has 0 amide bonds. The van der Waals surface area contributed by atoms with Crippen LogP contribution < -0.4 is 4.84 Å². The fourth-order valence-corrected chi connectivity index (χ4v) is 1.52. The maximum atomic E-state index is 10.7. The molecule has 2 aromatic carbocycles. The second-order valence-electron chi connectivity index (χ2n) is 3.94. The van der Waals surface area contributed by atoms with E-state index in [4.69, 9.17) is 4.84 Å². The van der Waals surface area contributed by atoms with Crippen LogP contribution in [0.15, 0.2) is 53.7 Å². The van der Waals surface area contributed by atoms with Crippen LogP contribution in [-0.4, -0.2) is 16.1 Å². The number of non-ortho nitro benzene ring substituents is 2. The molecule has 0 aromatic heterocycles. The zero-order valence-corrected chi connectivity index (χ0v) is 10.6. The second-order valence-corrected chi connectivity index (χ2v) is 3.94. The Morgan fingerprint density at radius 1 is 0.952 bits per heavy atom. The molecule has 0 bridgehead atoms. The topological polar surface area (TPSA) is 108 Å².